The van der Waals surface area contributed by atoms with Crippen LogP contribution < -0.4 is 0 Å². The molecule has 0 N–H and O–H groups in total. The van der Waals surface area contributed by atoms with Gasteiger partial charge in [-0.05, 0) is 83.9 Å². The van der Waals surface area contributed by atoms with Gasteiger partial charge in [0.25, 0.3) is 0 Å². The van der Waals surface area contributed by atoms with Gasteiger partial charge in [0.15, 0.2) is 0 Å². The van der Waals surface area contributed by atoms with E-state index in [0.29, 0.717) is 0 Å². The van der Waals surface area contributed by atoms with E-state index in [1.165, 1.54) is 82.2 Å². The van der Waals surface area contributed by atoms with E-state index in [2.05, 4.69) is 202 Å². The van der Waals surface area contributed by atoms with Gasteiger partial charge in [-0.3, -0.25) is 0 Å². The number of hydrogen-bond donors (Lipinski definition) is 0. The van der Waals surface area contributed by atoms with Crippen molar-refractivity contribution in [1.29, 1.82) is 0 Å². The first kappa shape index (κ1) is 28.0. The summed E-state index contributed by atoms with van der Waals surface area (Å²) in [5.74, 6) is 0. The lowest BCUT2D eigenvalue weighted by Crippen LogP contribution is -1.98. The molecule has 0 amide bonds. The number of fused-ring (bicyclic) bond motifs is 9. The molecule has 0 spiro atoms. The van der Waals surface area contributed by atoms with Gasteiger partial charge in [0.05, 0.1) is 33.1 Å². The fraction of sp³-hybridized carbons (Fsp3) is 0. The summed E-state index contributed by atoms with van der Waals surface area (Å²) in [7, 11) is 0. The maximum absolute atomic E-state index is 2.44. The van der Waals surface area contributed by atoms with E-state index >= 15 is 0 Å². The van der Waals surface area contributed by atoms with Gasteiger partial charge < -0.3 is 13.7 Å². The van der Waals surface area contributed by atoms with Gasteiger partial charge in [-0.2, -0.15) is 0 Å². The quantitative estimate of drug-likeness (QED) is 0.180. The Morgan fingerprint density at radius 1 is 0.255 bits per heavy atom. The van der Waals surface area contributed by atoms with Crippen molar-refractivity contribution in [3.63, 3.8) is 0 Å². The second-order valence-corrected chi connectivity index (χ2v) is 13.4. The largest absolute Gasteiger partial charge is 0.309 e. The van der Waals surface area contributed by atoms with Gasteiger partial charge in [0.1, 0.15) is 0 Å². The molecule has 0 radical (unpaired) electrons. The molecule has 51 heavy (non-hydrogen) atoms. The van der Waals surface area contributed by atoms with Gasteiger partial charge in [-0.25, -0.2) is 0 Å². The smallest absolute Gasteiger partial charge is 0.0547 e. The molecule has 238 valence electrons. The van der Waals surface area contributed by atoms with Crippen LogP contribution in [0.5, 0.6) is 0 Å². The molecule has 8 aromatic carbocycles. The summed E-state index contributed by atoms with van der Waals surface area (Å²) in [5.41, 5.74) is 13.1. The summed E-state index contributed by atoms with van der Waals surface area (Å²) in [6.07, 6.45) is 0. The van der Waals surface area contributed by atoms with Gasteiger partial charge in [-0.15, -0.1) is 0 Å². The Kier molecular flexibility index (Phi) is 5.96. The molecule has 0 fully saturated rings. The second kappa shape index (κ2) is 10.8. The van der Waals surface area contributed by atoms with Crippen molar-refractivity contribution in [3.8, 4) is 28.2 Å². The molecule has 3 aromatic heterocycles. The lowest BCUT2D eigenvalue weighted by Gasteiger charge is -2.13. The molecule has 0 aliphatic rings. The third-order valence-electron chi connectivity index (χ3n) is 10.6. The maximum Gasteiger partial charge on any atom is 0.0547 e. The lowest BCUT2D eigenvalue weighted by atomic mass is 9.98. The fourth-order valence-corrected chi connectivity index (χ4v) is 8.51. The number of rotatable bonds is 4. The molecule has 0 bridgehead atoms. The standard InChI is InChI=1S/C48H31N3/c1-2-14-33(15-3-1)49-44-25-10-6-20-39(44)41-30-32(28-29-46(41)49)36-22-13-27-47-48(36)40-21-7-11-26-45(40)51(47)35-17-12-16-34(31-35)50-42-23-8-4-18-37(42)38-19-5-9-24-43(38)50/h1-31H. The van der Waals surface area contributed by atoms with Crippen LogP contribution in [0.25, 0.3) is 93.6 Å². The molecule has 3 heteroatoms. The monoisotopic (exact) mass is 649 g/mol. The van der Waals surface area contributed by atoms with Crippen LogP contribution in [-0.4, -0.2) is 13.7 Å². The van der Waals surface area contributed by atoms with Crippen LogP contribution in [0.15, 0.2) is 188 Å². The van der Waals surface area contributed by atoms with Crippen LogP contribution in [0.3, 0.4) is 0 Å². The Morgan fingerprint density at radius 3 is 1.33 bits per heavy atom. The van der Waals surface area contributed by atoms with Crippen molar-refractivity contribution < 1.29 is 0 Å². The summed E-state index contributed by atoms with van der Waals surface area (Å²) >= 11 is 0. The summed E-state index contributed by atoms with van der Waals surface area (Å²) < 4.78 is 7.21. The Hall–Kier alpha value is -6.84. The van der Waals surface area contributed by atoms with Crippen LogP contribution in [0.4, 0.5) is 0 Å². The van der Waals surface area contributed by atoms with Crippen LogP contribution in [0.2, 0.25) is 0 Å². The zero-order chi connectivity index (χ0) is 33.5. The first-order valence-corrected chi connectivity index (χ1v) is 17.5. The molecule has 0 atom stereocenters. The van der Waals surface area contributed by atoms with Crippen molar-refractivity contribution in [2.45, 2.75) is 0 Å². The number of para-hydroxylation sites is 5. The SMILES string of the molecule is c1ccc(-n2c3ccccc3c3cc(-c4cccc5c4c4ccccc4n5-c4cccc(-n5c6ccccc6c6ccccc65)c4)ccc32)cc1. The lowest BCUT2D eigenvalue weighted by molar-refractivity contribution is 1.13. The van der Waals surface area contributed by atoms with Crippen molar-refractivity contribution in [2.24, 2.45) is 0 Å². The number of benzene rings is 8. The van der Waals surface area contributed by atoms with E-state index in [-0.39, 0.29) is 0 Å². The third-order valence-corrected chi connectivity index (χ3v) is 10.6. The molecule has 0 aliphatic heterocycles. The highest BCUT2D eigenvalue weighted by Gasteiger charge is 2.19. The minimum absolute atomic E-state index is 1.14. The van der Waals surface area contributed by atoms with E-state index in [4.69, 9.17) is 0 Å². The molecule has 3 heterocycles. The van der Waals surface area contributed by atoms with Crippen LogP contribution >= 0.6 is 0 Å². The zero-order valence-electron chi connectivity index (χ0n) is 27.7. The Morgan fingerprint density at radius 2 is 0.686 bits per heavy atom. The molecule has 11 rings (SSSR count). The zero-order valence-corrected chi connectivity index (χ0v) is 27.7. The molecular weight excluding hydrogens is 619 g/mol. The number of aromatic nitrogens is 3. The van der Waals surface area contributed by atoms with Crippen LogP contribution in [0, 0.1) is 0 Å². The van der Waals surface area contributed by atoms with Crippen molar-refractivity contribution in [3.05, 3.63) is 188 Å². The predicted octanol–water partition coefficient (Wildman–Crippen LogP) is 12.6. The third kappa shape index (κ3) is 4.06. The summed E-state index contributed by atoms with van der Waals surface area (Å²) in [5, 5.41) is 7.56. The van der Waals surface area contributed by atoms with Crippen molar-refractivity contribution in [2.75, 3.05) is 0 Å². The summed E-state index contributed by atoms with van der Waals surface area (Å²) in [6, 6.07) is 68.4. The first-order valence-electron chi connectivity index (χ1n) is 17.5. The Bertz CT molecular complexity index is 3080. The molecule has 0 saturated heterocycles. The first-order chi connectivity index (χ1) is 25.3. The highest BCUT2D eigenvalue weighted by atomic mass is 15.0. The van der Waals surface area contributed by atoms with E-state index in [1.807, 2.05) is 0 Å². The van der Waals surface area contributed by atoms with E-state index in [1.54, 1.807) is 0 Å². The Labute approximate surface area is 294 Å². The average molecular weight is 650 g/mol. The van der Waals surface area contributed by atoms with Crippen LogP contribution in [0.1, 0.15) is 0 Å². The predicted molar refractivity (Wildman–Crippen MR) is 215 cm³/mol. The molecule has 0 saturated carbocycles. The van der Waals surface area contributed by atoms with Crippen LogP contribution in [-0.2, 0) is 0 Å². The summed E-state index contributed by atoms with van der Waals surface area (Å²) in [6.45, 7) is 0. The minimum Gasteiger partial charge on any atom is -0.309 e. The van der Waals surface area contributed by atoms with Gasteiger partial charge in [-0.1, -0.05) is 115 Å². The molecule has 11 aromatic rings. The van der Waals surface area contributed by atoms with E-state index in [9.17, 15) is 0 Å². The van der Waals surface area contributed by atoms with Gasteiger partial charge in [0.2, 0.25) is 0 Å². The number of hydrogen-bond acceptors (Lipinski definition) is 0. The topological polar surface area (TPSA) is 14.8 Å². The summed E-state index contributed by atoms with van der Waals surface area (Å²) in [4.78, 5) is 0. The fourth-order valence-electron chi connectivity index (χ4n) is 8.51. The highest BCUT2D eigenvalue weighted by molar-refractivity contribution is 6.17. The molecule has 0 aliphatic carbocycles. The van der Waals surface area contributed by atoms with Gasteiger partial charge in [0, 0.05) is 49.4 Å². The maximum atomic E-state index is 2.44. The molecule has 0 unspecified atom stereocenters. The normalized spacial score (nSPS) is 11.9. The minimum atomic E-state index is 1.14. The molecular formula is C48H31N3. The second-order valence-electron chi connectivity index (χ2n) is 13.4. The highest BCUT2D eigenvalue weighted by Crippen LogP contribution is 2.41. The average Bonchev–Trinajstić information content (AvgIpc) is 3.84. The van der Waals surface area contributed by atoms with Crippen molar-refractivity contribution >= 4 is 65.4 Å². The van der Waals surface area contributed by atoms with Crippen molar-refractivity contribution in [1.82, 2.24) is 13.7 Å². The Balaban J connectivity index is 1.14. The van der Waals surface area contributed by atoms with Gasteiger partial charge >= 0.3 is 0 Å². The molecule has 3 nitrogen and oxygen atoms in total. The van der Waals surface area contributed by atoms with E-state index < -0.39 is 0 Å². The van der Waals surface area contributed by atoms with E-state index in [0.717, 1.165) is 11.4 Å². The number of nitrogens with zero attached hydrogens (tertiary/aromatic N) is 3.